The van der Waals surface area contributed by atoms with Crippen LogP contribution in [0, 0.1) is 0 Å². The largest absolute Gasteiger partial charge is 0.372 e. The van der Waals surface area contributed by atoms with E-state index in [2.05, 4.69) is 54.4 Å². The second kappa shape index (κ2) is 8.03. The Labute approximate surface area is 166 Å². The molecule has 28 heavy (non-hydrogen) atoms. The van der Waals surface area contributed by atoms with Crippen LogP contribution >= 0.6 is 0 Å². The van der Waals surface area contributed by atoms with Crippen LogP contribution in [0.4, 0.5) is 11.4 Å². The van der Waals surface area contributed by atoms with Gasteiger partial charge in [0.2, 0.25) is 5.91 Å². The number of fused-ring (bicyclic) bond motifs is 1. The molecule has 3 aromatic carbocycles. The molecule has 2 atom stereocenters. The Morgan fingerprint density at radius 2 is 1.64 bits per heavy atom. The molecule has 4 heteroatoms. The number of amides is 1. The lowest BCUT2D eigenvalue weighted by molar-refractivity contribution is -0.115. The SMILES string of the molecule is C[C@H]1CN(c2ccccc2NC(=O)Cc2ccc3ccccc3c2)C[C@H](C)O1. The van der Waals surface area contributed by atoms with Crippen molar-refractivity contribution >= 4 is 28.1 Å². The highest BCUT2D eigenvalue weighted by atomic mass is 16.5. The molecular weight excluding hydrogens is 348 g/mol. The number of anilines is 2. The third-order valence-electron chi connectivity index (χ3n) is 5.12. The lowest BCUT2D eigenvalue weighted by Gasteiger charge is -2.37. The van der Waals surface area contributed by atoms with E-state index < -0.39 is 0 Å². The van der Waals surface area contributed by atoms with Gasteiger partial charge in [-0.25, -0.2) is 0 Å². The molecule has 0 spiro atoms. The molecule has 0 aliphatic carbocycles. The maximum absolute atomic E-state index is 12.7. The standard InChI is InChI=1S/C24H26N2O2/c1-17-15-26(16-18(2)28-17)23-10-6-5-9-22(23)25-24(27)14-19-11-12-20-7-3-4-8-21(20)13-19/h3-13,17-18H,14-16H2,1-2H3,(H,25,27)/t17-,18-/m0/s1. The molecule has 1 aliphatic rings. The topological polar surface area (TPSA) is 41.6 Å². The van der Waals surface area contributed by atoms with Gasteiger partial charge in [-0.15, -0.1) is 0 Å². The van der Waals surface area contributed by atoms with Crippen LogP contribution in [0.2, 0.25) is 0 Å². The number of nitrogens with zero attached hydrogens (tertiary/aromatic N) is 1. The molecule has 1 amide bonds. The molecule has 1 saturated heterocycles. The number of para-hydroxylation sites is 2. The number of rotatable bonds is 4. The molecule has 4 nitrogen and oxygen atoms in total. The van der Waals surface area contributed by atoms with Crippen LogP contribution < -0.4 is 10.2 Å². The molecule has 4 rings (SSSR count). The number of ether oxygens (including phenoxy) is 1. The van der Waals surface area contributed by atoms with E-state index in [1.165, 1.54) is 5.39 Å². The molecule has 1 fully saturated rings. The fourth-order valence-electron chi connectivity index (χ4n) is 3.96. The molecular formula is C24H26N2O2. The summed E-state index contributed by atoms with van der Waals surface area (Å²) in [4.78, 5) is 15.0. The Kier molecular flexibility index (Phi) is 5.31. The summed E-state index contributed by atoms with van der Waals surface area (Å²) in [5.41, 5.74) is 2.92. The third-order valence-corrected chi connectivity index (χ3v) is 5.12. The van der Waals surface area contributed by atoms with Crippen molar-refractivity contribution in [1.29, 1.82) is 0 Å². The van der Waals surface area contributed by atoms with Gasteiger partial charge in [0.05, 0.1) is 30.0 Å². The van der Waals surface area contributed by atoms with Crippen LogP contribution in [0.3, 0.4) is 0 Å². The Balaban J connectivity index is 1.50. The van der Waals surface area contributed by atoms with Crippen molar-refractivity contribution in [3.8, 4) is 0 Å². The quantitative estimate of drug-likeness (QED) is 0.724. The summed E-state index contributed by atoms with van der Waals surface area (Å²) < 4.78 is 5.84. The van der Waals surface area contributed by atoms with Crippen molar-refractivity contribution in [2.45, 2.75) is 32.5 Å². The van der Waals surface area contributed by atoms with Crippen molar-refractivity contribution in [2.75, 3.05) is 23.3 Å². The predicted molar refractivity (Wildman–Crippen MR) is 115 cm³/mol. The number of morpholine rings is 1. The van der Waals surface area contributed by atoms with Gasteiger partial charge in [0.15, 0.2) is 0 Å². The fraction of sp³-hybridized carbons (Fsp3) is 0.292. The normalized spacial score (nSPS) is 19.6. The average Bonchev–Trinajstić information content (AvgIpc) is 2.67. The first-order chi connectivity index (χ1) is 13.6. The van der Waals surface area contributed by atoms with Crippen molar-refractivity contribution in [2.24, 2.45) is 0 Å². The van der Waals surface area contributed by atoms with E-state index in [0.29, 0.717) is 6.42 Å². The Morgan fingerprint density at radius 1 is 0.964 bits per heavy atom. The van der Waals surface area contributed by atoms with E-state index in [1.807, 2.05) is 36.4 Å². The summed E-state index contributed by atoms with van der Waals surface area (Å²) in [6.45, 7) is 5.82. The predicted octanol–water partition coefficient (Wildman–Crippen LogP) is 4.63. The van der Waals surface area contributed by atoms with Crippen molar-refractivity contribution in [3.05, 3.63) is 72.3 Å². The second-order valence-corrected chi connectivity index (χ2v) is 7.59. The summed E-state index contributed by atoms with van der Waals surface area (Å²) in [5, 5.41) is 5.46. The zero-order valence-corrected chi connectivity index (χ0v) is 16.4. The van der Waals surface area contributed by atoms with Gasteiger partial charge in [0, 0.05) is 13.1 Å². The number of nitrogens with one attached hydrogen (secondary N) is 1. The average molecular weight is 374 g/mol. The van der Waals surface area contributed by atoms with Gasteiger partial charge < -0.3 is 15.0 Å². The maximum atomic E-state index is 12.7. The van der Waals surface area contributed by atoms with E-state index in [1.54, 1.807) is 0 Å². The second-order valence-electron chi connectivity index (χ2n) is 7.59. The molecule has 0 saturated carbocycles. The molecule has 3 aromatic rings. The third kappa shape index (κ3) is 4.18. The lowest BCUT2D eigenvalue weighted by atomic mass is 10.0. The van der Waals surface area contributed by atoms with Crippen molar-refractivity contribution in [1.82, 2.24) is 0 Å². The van der Waals surface area contributed by atoms with Gasteiger partial charge in [0.1, 0.15) is 0 Å². The Morgan fingerprint density at radius 3 is 2.43 bits per heavy atom. The van der Waals surface area contributed by atoms with E-state index in [9.17, 15) is 4.79 Å². The molecule has 1 heterocycles. The van der Waals surface area contributed by atoms with Gasteiger partial charge in [-0.1, -0.05) is 54.6 Å². The van der Waals surface area contributed by atoms with Gasteiger partial charge in [-0.05, 0) is 42.3 Å². The molecule has 0 unspecified atom stereocenters. The van der Waals surface area contributed by atoms with Crippen LogP contribution in [0.1, 0.15) is 19.4 Å². The van der Waals surface area contributed by atoms with Gasteiger partial charge >= 0.3 is 0 Å². The highest BCUT2D eigenvalue weighted by molar-refractivity contribution is 5.96. The summed E-state index contributed by atoms with van der Waals surface area (Å²) in [6.07, 6.45) is 0.699. The summed E-state index contributed by atoms with van der Waals surface area (Å²) in [6, 6.07) is 22.4. The van der Waals surface area contributed by atoms with E-state index in [0.717, 1.165) is 35.4 Å². The van der Waals surface area contributed by atoms with Crippen molar-refractivity contribution in [3.63, 3.8) is 0 Å². The highest BCUT2D eigenvalue weighted by Crippen LogP contribution is 2.28. The first kappa shape index (κ1) is 18.5. The van der Waals surface area contributed by atoms with Gasteiger partial charge in [-0.3, -0.25) is 4.79 Å². The highest BCUT2D eigenvalue weighted by Gasteiger charge is 2.24. The lowest BCUT2D eigenvalue weighted by Crippen LogP contribution is -2.45. The summed E-state index contributed by atoms with van der Waals surface area (Å²) >= 11 is 0. The van der Waals surface area contributed by atoms with Gasteiger partial charge in [-0.2, -0.15) is 0 Å². The fourth-order valence-corrected chi connectivity index (χ4v) is 3.96. The summed E-state index contributed by atoms with van der Waals surface area (Å²) in [7, 11) is 0. The molecule has 0 aromatic heterocycles. The van der Waals surface area contributed by atoms with E-state index in [4.69, 9.17) is 4.74 Å². The molecule has 0 bridgehead atoms. The zero-order chi connectivity index (χ0) is 19.5. The Hall–Kier alpha value is -2.85. The number of hydrogen-bond donors (Lipinski definition) is 1. The first-order valence-electron chi connectivity index (χ1n) is 9.85. The molecule has 0 radical (unpaired) electrons. The summed E-state index contributed by atoms with van der Waals surface area (Å²) in [5.74, 6) is -0.00270. The zero-order valence-electron chi connectivity index (χ0n) is 16.4. The van der Waals surface area contributed by atoms with Crippen molar-refractivity contribution < 1.29 is 9.53 Å². The molecule has 144 valence electrons. The van der Waals surface area contributed by atoms with Crippen LogP contribution in [0.5, 0.6) is 0 Å². The Bertz CT molecular complexity index is 975. The monoisotopic (exact) mass is 374 g/mol. The van der Waals surface area contributed by atoms with Crippen LogP contribution in [0.25, 0.3) is 10.8 Å². The van der Waals surface area contributed by atoms with Gasteiger partial charge in [0.25, 0.3) is 0 Å². The molecule has 1 N–H and O–H groups in total. The number of benzene rings is 3. The minimum Gasteiger partial charge on any atom is -0.372 e. The molecule has 1 aliphatic heterocycles. The minimum atomic E-state index is -0.00270. The van der Waals surface area contributed by atoms with E-state index >= 15 is 0 Å². The first-order valence-corrected chi connectivity index (χ1v) is 9.85. The van der Waals surface area contributed by atoms with E-state index in [-0.39, 0.29) is 18.1 Å². The number of carbonyl (C=O) groups is 1. The van der Waals surface area contributed by atoms with Crippen LogP contribution in [0.15, 0.2) is 66.7 Å². The maximum Gasteiger partial charge on any atom is 0.228 e. The smallest absolute Gasteiger partial charge is 0.228 e. The van der Waals surface area contributed by atoms with Crippen LogP contribution in [-0.4, -0.2) is 31.2 Å². The number of carbonyl (C=O) groups excluding carboxylic acids is 1. The van der Waals surface area contributed by atoms with Crippen LogP contribution in [-0.2, 0) is 16.0 Å². The minimum absolute atomic E-state index is 0.00270. The number of hydrogen-bond acceptors (Lipinski definition) is 3.